The van der Waals surface area contributed by atoms with Crippen LogP contribution in [0.25, 0.3) is 0 Å². The Morgan fingerprint density at radius 2 is 2.07 bits per heavy atom. The lowest BCUT2D eigenvalue weighted by Crippen LogP contribution is -2.53. The number of unbranched alkanes of at least 4 members (excludes halogenated alkanes) is 1. The van der Waals surface area contributed by atoms with Crippen molar-refractivity contribution < 1.29 is 9.90 Å². The van der Waals surface area contributed by atoms with E-state index in [1.165, 1.54) is 6.92 Å². The first-order valence-corrected chi connectivity index (χ1v) is 4.69. The second-order valence-corrected chi connectivity index (χ2v) is 3.55. The average molecular weight is 217 g/mol. The van der Waals surface area contributed by atoms with Gasteiger partial charge in [0.25, 0.3) is 0 Å². The summed E-state index contributed by atoms with van der Waals surface area (Å²) in [6, 6.07) is 0. The first-order chi connectivity index (χ1) is 6.92. The second kappa shape index (κ2) is 6.20. The SMILES string of the molecule is CC(CCCCN=C(N)N)(NN)C(=O)O. The van der Waals surface area contributed by atoms with Gasteiger partial charge in [-0.05, 0) is 26.2 Å². The zero-order valence-electron chi connectivity index (χ0n) is 8.86. The zero-order valence-corrected chi connectivity index (χ0v) is 8.86. The molecule has 7 heteroatoms. The van der Waals surface area contributed by atoms with Gasteiger partial charge in [0.15, 0.2) is 5.96 Å². The maximum Gasteiger partial charge on any atom is 0.324 e. The van der Waals surface area contributed by atoms with E-state index in [0.717, 1.165) is 6.42 Å². The largest absolute Gasteiger partial charge is 0.480 e. The Bertz CT molecular complexity index is 239. The van der Waals surface area contributed by atoms with E-state index in [0.29, 0.717) is 19.4 Å². The van der Waals surface area contributed by atoms with Crippen molar-refractivity contribution in [3.8, 4) is 0 Å². The maximum absolute atomic E-state index is 10.8. The molecule has 0 aliphatic heterocycles. The summed E-state index contributed by atoms with van der Waals surface area (Å²) in [6.45, 7) is 2.04. The van der Waals surface area contributed by atoms with Gasteiger partial charge in [-0.3, -0.25) is 15.6 Å². The number of nitrogens with zero attached hydrogens (tertiary/aromatic N) is 1. The molecule has 0 heterocycles. The van der Waals surface area contributed by atoms with Crippen LogP contribution >= 0.6 is 0 Å². The van der Waals surface area contributed by atoms with E-state index < -0.39 is 11.5 Å². The van der Waals surface area contributed by atoms with Gasteiger partial charge in [0, 0.05) is 6.54 Å². The van der Waals surface area contributed by atoms with E-state index in [4.69, 9.17) is 22.4 Å². The lowest BCUT2D eigenvalue weighted by atomic mass is 9.96. The number of aliphatic imine (C=N–C) groups is 1. The predicted octanol–water partition coefficient (Wildman–Crippen LogP) is -1.26. The number of hydrogen-bond donors (Lipinski definition) is 5. The maximum atomic E-state index is 10.8. The molecule has 0 aliphatic rings. The summed E-state index contributed by atoms with van der Waals surface area (Å²) in [5.41, 5.74) is 11.5. The Labute approximate surface area is 88.7 Å². The van der Waals surface area contributed by atoms with Gasteiger partial charge in [0.2, 0.25) is 0 Å². The molecule has 0 spiro atoms. The van der Waals surface area contributed by atoms with Gasteiger partial charge < -0.3 is 16.6 Å². The molecule has 0 saturated heterocycles. The Kier molecular flexibility index (Phi) is 5.65. The third-order valence-electron chi connectivity index (χ3n) is 2.17. The Hall–Kier alpha value is -1.34. The first kappa shape index (κ1) is 13.7. The first-order valence-electron chi connectivity index (χ1n) is 4.69. The lowest BCUT2D eigenvalue weighted by Gasteiger charge is -2.23. The van der Waals surface area contributed by atoms with E-state index in [9.17, 15) is 4.79 Å². The quantitative estimate of drug-likeness (QED) is 0.118. The number of carboxylic acid groups (broad SMARTS) is 1. The van der Waals surface area contributed by atoms with Crippen molar-refractivity contribution in [2.45, 2.75) is 31.7 Å². The smallest absolute Gasteiger partial charge is 0.324 e. The minimum absolute atomic E-state index is 0.0490. The van der Waals surface area contributed by atoms with Crippen LogP contribution in [0.1, 0.15) is 26.2 Å². The molecule has 0 aromatic carbocycles. The van der Waals surface area contributed by atoms with Gasteiger partial charge in [0.1, 0.15) is 5.54 Å². The number of guanidine groups is 1. The normalized spacial score (nSPS) is 14.3. The number of carboxylic acids is 1. The number of nitrogens with two attached hydrogens (primary N) is 3. The molecular formula is C8H19N5O2. The van der Waals surface area contributed by atoms with E-state index in [1.807, 2.05) is 0 Å². The molecule has 0 aromatic rings. The molecule has 0 bridgehead atoms. The van der Waals surface area contributed by atoms with Gasteiger partial charge >= 0.3 is 5.97 Å². The third kappa shape index (κ3) is 5.18. The molecule has 0 aliphatic carbocycles. The molecule has 88 valence electrons. The molecule has 8 N–H and O–H groups in total. The monoisotopic (exact) mass is 217 g/mol. The highest BCUT2D eigenvalue weighted by Gasteiger charge is 2.30. The Balaban J connectivity index is 3.84. The lowest BCUT2D eigenvalue weighted by molar-refractivity contribution is -0.144. The molecule has 0 rings (SSSR count). The minimum atomic E-state index is -1.09. The number of rotatable bonds is 7. The van der Waals surface area contributed by atoms with E-state index in [-0.39, 0.29) is 5.96 Å². The second-order valence-electron chi connectivity index (χ2n) is 3.55. The topological polar surface area (TPSA) is 140 Å². The highest BCUT2D eigenvalue weighted by atomic mass is 16.4. The van der Waals surface area contributed by atoms with Crippen molar-refractivity contribution in [2.24, 2.45) is 22.3 Å². The van der Waals surface area contributed by atoms with Crippen molar-refractivity contribution in [1.29, 1.82) is 0 Å². The molecular weight excluding hydrogens is 198 g/mol. The summed E-state index contributed by atoms with van der Waals surface area (Å²) in [5.74, 6) is 4.26. The van der Waals surface area contributed by atoms with Crippen LogP contribution in [0.15, 0.2) is 4.99 Å². The van der Waals surface area contributed by atoms with E-state index >= 15 is 0 Å². The molecule has 7 nitrogen and oxygen atoms in total. The third-order valence-corrected chi connectivity index (χ3v) is 2.17. The van der Waals surface area contributed by atoms with Crippen LogP contribution in [0.3, 0.4) is 0 Å². The van der Waals surface area contributed by atoms with Crippen molar-refractivity contribution in [3.05, 3.63) is 0 Å². The summed E-state index contributed by atoms with van der Waals surface area (Å²) >= 11 is 0. The standard InChI is InChI=1S/C8H19N5O2/c1-8(13-11,6(14)15)4-2-3-5-12-7(9)10/h13H,2-5,11H2,1H3,(H,14,15)(H4,9,10,12). The summed E-state index contributed by atoms with van der Waals surface area (Å²) < 4.78 is 0. The number of carbonyl (C=O) groups is 1. The molecule has 1 unspecified atom stereocenters. The van der Waals surface area contributed by atoms with E-state index in [1.54, 1.807) is 0 Å². The molecule has 0 saturated carbocycles. The number of nitrogens with one attached hydrogen (secondary N) is 1. The van der Waals surface area contributed by atoms with E-state index in [2.05, 4.69) is 10.4 Å². The Morgan fingerprint density at radius 3 is 2.47 bits per heavy atom. The van der Waals surface area contributed by atoms with Crippen LogP contribution in [0.2, 0.25) is 0 Å². The fourth-order valence-corrected chi connectivity index (χ4v) is 1.04. The van der Waals surface area contributed by atoms with Gasteiger partial charge in [-0.2, -0.15) is 0 Å². The van der Waals surface area contributed by atoms with Crippen molar-refractivity contribution in [2.75, 3.05) is 6.54 Å². The summed E-state index contributed by atoms with van der Waals surface area (Å²) in [7, 11) is 0. The number of hydrazine groups is 1. The van der Waals surface area contributed by atoms with Gasteiger partial charge in [0.05, 0.1) is 0 Å². The highest BCUT2D eigenvalue weighted by Crippen LogP contribution is 2.12. The summed E-state index contributed by atoms with van der Waals surface area (Å²) in [4.78, 5) is 14.6. The van der Waals surface area contributed by atoms with Gasteiger partial charge in [-0.15, -0.1) is 0 Å². The Morgan fingerprint density at radius 1 is 1.47 bits per heavy atom. The van der Waals surface area contributed by atoms with Gasteiger partial charge in [-0.1, -0.05) is 0 Å². The van der Waals surface area contributed by atoms with Crippen LogP contribution in [0.5, 0.6) is 0 Å². The fourth-order valence-electron chi connectivity index (χ4n) is 1.04. The molecule has 0 aromatic heterocycles. The molecule has 1 atom stereocenters. The molecule has 0 amide bonds. The van der Waals surface area contributed by atoms with Crippen LogP contribution < -0.4 is 22.7 Å². The molecule has 0 fully saturated rings. The average Bonchev–Trinajstić information content (AvgIpc) is 2.16. The van der Waals surface area contributed by atoms with Gasteiger partial charge in [-0.25, -0.2) is 5.43 Å². The number of aliphatic carboxylic acids is 1. The van der Waals surface area contributed by atoms with Crippen molar-refractivity contribution >= 4 is 11.9 Å². The zero-order chi connectivity index (χ0) is 11.9. The predicted molar refractivity (Wildman–Crippen MR) is 57.9 cm³/mol. The van der Waals surface area contributed by atoms with Crippen molar-refractivity contribution in [1.82, 2.24) is 5.43 Å². The fraction of sp³-hybridized carbons (Fsp3) is 0.750. The minimum Gasteiger partial charge on any atom is -0.480 e. The van der Waals surface area contributed by atoms with Crippen LogP contribution in [0, 0.1) is 0 Å². The molecule has 0 radical (unpaired) electrons. The number of hydrogen-bond acceptors (Lipinski definition) is 4. The van der Waals surface area contributed by atoms with Crippen LogP contribution in [-0.2, 0) is 4.79 Å². The van der Waals surface area contributed by atoms with Crippen LogP contribution in [-0.4, -0.2) is 29.1 Å². The van der Waals surface area contributed by atoms with Crippen LogP contribution in [0.4, 0.5) is 0 Å². The van der Waals surface area contributed by atoms with Crippen molar-refractivity contribution in [3.63, 3.8) is 0 Å². The summed E-state index contributed by atoms with van der Waals surface area (Å²) in [6.07, 6.45) is 1.84. The highest BCUT2D eigenvalue weighted by molar-refractivity contribution is 5.78. The summed E-state index contributed by atoms with van der Waals surface area (Å²) in [5, 5.41) is 8.87. The molecule has 15 heavy (non-hydrogen) atoms.